The molecule has 0 amide bonds. The van der Waals surface area contributed by atoms with E-state index in [0.29, 0.717) is 0 Å². The molecule has 1 aliphatic heterocycles. The third-order valence-electron chi connectivity index (χ3n) is 10.8. The molecule has 11 aromatic rings. The van der Waals surface area contributed by atoms with Crippen LogP contribution in [0.5, 0.6) is 0 Å². The van der Waals surface area contributed by atoms with E-state index in [9.17, 15) is 0 Å². The molecule has 0 atom stereocenters. The zero-order chi connectivity index (χ0) is 32.5. The molecule has 0 N–H and O–H groups in total. The van der Waals surface area contributed by atoms with Crippen LogP contribution >= 0.6 is 11.8 Å². The minimum absolute atomic E-state index is 1.15. The van der Waals surface area contributed by atoms with Crippen LogP contribution < -0.4 is 0 Å². The van der Waals surface area contributed by atoms with Crippen molar-refractivity contribution in [3.8, 4) is 17.1 Å². The number of benzene rings is 8. The Kier molecular flexibility index (Phi) is 5.17. The Balaban J connectivity index is 1.16. The molecular formula is C46H27N3S. The van der Waals surface area contributed by atoms with Gasteiger partial charge in [-0.1, -0.05) is 115 Å². The van der Waals surface area contributed by atoms with Gasteiger partial charge in [0.15, 0.2) is 0 Å². The maximum Gasteiger partial charge on any atom is 0.131 e. The van der Waals surface area contributed by atoms with Crippen LogP contribution in [0.15, 0.2) is 174 Å². The smallest absolute Gasteiger partial charge is 0.131 e. The van der Waals surface area contributed by atoms with Gasteiger partial charge in [-0.05, 0) is 76.8 Å². The van der Waals surface area contributed by atoms with Gasteiger partial charge in [0.25, 0.3) is 0 Å². The van der Waals surface area contributed by atoms with Crippen LogP contribution in [-0.2, 0) is 0 Å². The van der Waals surface area contributed by atoms with Crippen molar-refractivity contribution in [2.45, 2.75) is 9.79 Å². The van der Waals surface area contributed by atoms with E-state index in [-0.39, 0.29) is 0 Å². The molecule has 4 heteroatoms. The molecule has 0 saturated carbocycles. The molecule has 0 fully saturated rings. The lowest BCUT2D eigenvalue weighted by molar-refractivity contribution is 1.03. The van der Waals surface area contributed by atoms with Crippen molar-refractivity contribution in [1.82, 2.24) is 13.7 Å². The predicted octanol–water partition coefficient (Wildman–Crippen LogP) is 12.6. The number of nitrogens with zero attached hydrogens (tertiary/aromatic N) is 3. The summed E-state index contributed by atoms with van der Waals surface area (Å²) in [5.74, 6) is 0. The maximum atomic E-state index is 2.50. The van der Waals surface area contributed by atoms with E-state index in [1.165, 1.54) is 91.7 Å². The molecule has 8 aromatic carbocycles. The molecular weight excluding hydrogens is 627 g/mol. The lowest BCUT2D eigenvalue weighted by Crippen LogP contribution is -2.05. The van der Waals surface area contributed by atoms with Crippen LogP contribution in [-0.4, -0.2) is 13.7 Å². The van der Waals surface area contributed by atoms with Crippen molar-refractivity contribution in [3.05, 3.63) is 164 Å². The lowest BCUT2D eigenvalue weighted by atomic mass is 10.0. The Labute approximate surface area is 291 Å². The van der Waals surface area contributed by atoms with Crippen molar-refractivity contribution < 1.29 is 0 Å². The molecule has 0 saturated heterocycles. The fourth-order valence-corrected chi connectivity index (χ4v) is 9.76. The van der Waals surface area contributed by atoms with Crippen molar-refractivity contribution in [2.75, 3.05) is 0 Å². The number of rotatable bonds is 2. The second-order valence-corrected chi connectivity index (χ2v) is 14.4. The van der Waals surface area contributed by atoms with Gasteiger partial charge in [-0.3, -0.25) is 9.13 Å². The SMILES string of the molecule is c1ccc2c(c1)Sc1cccc3c4c5ccccc5n(-c5ccc(-n6c7cc8ccccc8cc7c7ccc8ccccc8c76)cc5)c4n-2c13. The van der Waals surface area contributed by atoms with Gasteiger partial charge in [-0.15, -0.1) is 0 Å². The van der Waals surface area contributed by atoms with Crippen LogP contribution in [0.3, 0.4) is 0 Å². The topological polar surface area (TPSA) is 14.8 Å². The molecule has 232 valence electrons. The van der Waals surface area contributed by atoms with Crippen molar-refractivity contribution in [3.63, 3.8) is 0 Å². The highest BCUT2D eigenvalue weighted by Gasteiger charge is 2.27. The summed E-state index contributed by atoms with van der Waals surface area (Å²) in [5, 5.41) is 11.5. The third-order valence-corrected chi connectivity index (χ3v) is 11.9. The molecule has 0 unspecified atom stereocenters. The zero-order valence-electron chi connectivity index (χ0n) is 26.8. The van der Waals surface area contributed by atoms with Crippen LogP contribution in [0.2, 0.25) is 0 Å². The third kappa shape index (κ3) is 3.41. The Morgan fingerprint density at radius 3 is 1.88 bits per heavy atom. The summed E-state index contributed by atoms with van der Waals surface area (Å²) in [6, 6.07) is 60.4. The van der Waals surface area contributed by atoms with Gasteiger partial charge in [0.05, 0.1) is 27.8 Å². The zero-order valence-corrected chi connectivity index (χ0v) is 27.7. The van der Waals surface area contributed by atoms with Gasteiger partial charge in [-0.2, -0.15) is 0 Å². The van der Waals surface area contributed by atoms with Crippen LogP contribution in [0.4, 0.5) is 0 Å². The molecule has 3 nitrogen and oxygen atoms in total. The van der Waals surface area contributed by atoms with Crippen LogP contribution in [0.25, 0.3) is 93.3 Å². The standard InChI is InChI=1S/C46H27N3S/c1-2-12-30-27-40-37(26-29(30)11-1)34-25-20-28-10-3-4-13-33(28)44(34)47(40)31-21-23-32(24-22-31)48-38-16-6-5-14-35(38)43-36-15-9-19-42-45(36)49(46(43)48)39-17-7-8-18-41(39)50-42/h1-27H. The van der Waals surface area contributed by atoms with Gasteiger partial charge in [0, 0.05) is 53.5 Å². The Morgan fingerprint density at radius 2 is 1.02 bits per heavy atom. The predicted molar refractivity (Wildman–Crippen MR) is 211 cm³/mol. The monoisotopic (exact) mass is 653 g/mol. The minimum atomic E-state index is 1.15. The highest BCUT2D eigenvalue weighted by atomic mass is 32.2. The number of para-hydroxylation sites is 3. The number of fused-ring (bicyclic) bond motifs is 13. The van der Waals surface area contributed by atoms with E-state index in [1.807, 2.05) is 11.8 Å². The van der Waals surface area contributed by atoms with Gasteiger partial charge >= 0.3 is 0 Å². The first kappa shape index (κ1) is 26.7. The van der Waals surface area contributed by atoms with Crippen molar-refractivity contribution in [1.29, 1.82) is 0 Å². The summed E-state index contributed by atoms with van der Waals surface area (Å²) in [6.07, 6.45) is 0. The maximum absolute atomic E-state index is 2.50. The molecule has 0 spiro atoms. The summed E-state index contributed by atoms with van der Waals surface area (Å²) in [5.41, 5.74) is 9.73. The van der Waals surface area contributed by atoms with E-state index in [2.05, 4.69) is 177 Å². The van der Waals surface area contributed by atoms with Crippen molar-refractivity contribution in [2.24, 2.45) is 0 Å². The minimum Gasteiger partial charge on any atom is -0.309 e. The first-order valence-corrected chi connectivity index (χ1v) is 17.9. The summed E-state index contributed by atoms with van der Waals surface area (Å²) in [7, 11) is 0. The summed E-state index contributed by atoms with van der Waals surface area (Å²) in [6.45, 7) is 0. The first-order chi connectivity index (χ1) is 24.8. The molecule has 0 radical (unpaired) electrons. The fourth-order valence-electron chi connectivity index (χ4n) is 8.67. The Hall–Kier alpha value is -6.23. The molecule has 12 rings (SSSR count). The lowest BCUT2D eigenvalue weighted by Gasteiger charge is -2.21. The van der Waals surface area contributed by atoms with Crippen LogP contribution in [0, 0.1) is 0 Å². The Morgan fingerprint density at radius 1 is 0.360 bits per heavy atom. The van der Waals surface area contributed by atoms with Crippen molar-refractivity contribution >= 4 is 88.0 Å². The quantitative estimate of drug-likeness (QED) is 0.181. The van der Waals surface area contributed by atoms with Gasteiger partial charge in [0.2, 0.25) is 0 Å². The fraction of sp³-hybridized carbons (Fsp3) is 0. The largest absolute Gasteiger partial charge is 0.309 e. The molecule has 50 heavy (non-hydrogen) atoms. The first-order valence-electron chi connectivity index (χ1n) is 17.1. The number of hydrogen-bond donors (Lipinski definition) is 0. The number of hydrogen-bond acceptors (Lipinski definition) is 1. The molecule has 4 heterocycles. The average molecular weight is 654 g/mol. The molecule has 0 aliphatic carbocycles. The molecule has 1 aliphatic rings. The van der Waals surface area contributed by atoms with Crippen LogP contribution in [0.1, 0.15) is 0 Å². The van der Waals surface area contributed by atoms with Gasteiger partial charge in [0.1, 0.15) is 5.65 Å². The number of aromatic nitrogens is 3. The van der Waals surface area contributed by atoms with E-state index in [1.54, 1.807) is 0 Å². The summed E-state index contributed by atoms with van der Waals surface area (Å²) in [4.78, 5) is 2.58. The van der Waals surface area contributed by atoms with E-state index in [0.717, 1.165) is 11.4 Å². The highest BCUT2D eigenvalue weighted by Crippen LogP contribution is 2.49. The van der Waals surface area contributed by atoms with E-state index in [4.69, 9.17) is 0 Å². The summed E-state index contributed by atoms with van der Waals surface area (Å²) >= 11 is 1.87. The van der Waals surface area contributed by atoms with Gasteiger partial charge < -0.3 is 4.57 Å². The second kappa shape index (κ2) is 9.69. The van der Waals surface area contributed by atoms with E-state index >= 15 is 0 Å². The van der Waals surface area contributed by atoms with Gasteiger partial charge in [-0.25, -0.2) is 0 Å². The molecule has 0 bridgehead atoms. The summed E-state index contributed by atoms with van der Waals surface area (Å²) < 4.78 is 7.45. The Bertz CT molecular complexity index is 3230. The highest BCUT2D eigenvalue weighted by molar-refractivity contribution is 7.99. The average Bonchev–Trinajstić information content (AvgIpc) is 3.81. The molecule has 3 aromatic heterocycles. The normalized spacial score (nSPS) is 12.7. The van der Waals surface area contributed by atoms with E-state index < -0.39 is 0 Å². The second-order valence-electron chi connectivity index (χ2n) is 13.4.